The van der Waals surface area contributed by atoms with Crippen LogP contribution >= 0.6 is 0 Å². The Morgan fingerprint density at radius 1 is 0.739 bits per heavy atom. The molecule has 0 saturated heterocycles. The van der Waals surface area contributed by atoms with Crippen LogP contribution in [0.25, 0.3) is 0 Å². The van der Waals surface area contributed by atoms with Gasteiger partial charge in [-0.3, -0.25) is 0 Å². The zero-order valence-corrected chi connectivity index (χ0v) is 17.8. The summed E-state index contributed by atoms with van der Waals surface area (Å²) in [6, 6.07) is 0. The minimum Gasteiger partial charge on any atom is -0.395 e. The molecule has 0 spiro atoms. The van der Waals surface area contributed by atoms with Gasteiger partial charge in [0.15, 0.2) is 0 Å². The van der Waals surface area contributed by atoms with Crippen molar-refractivity contribution in [3.05, 3.63) is 13.8 Å². The summed E-state index contributed by atoms with van der Waals surface area (Å²) in [7, 11) is 0. The quantitative estimate of drug-likeness (QED) is 0.329. The Morgan fingerprint density at radius 3 is 1.35 bits per heavy atom. The van der Waals surface area contributed by atoms with Crippen LogP contribution < -0.4 is 0 Å². The first kappa shape index (κ1) is 28.7. The van der Waals surface area contributed by atoms with Crippen molar-refractivity contribution in [3.8, 4) is 0 Å². The molecule has 0 aromatic carbocycles. The minimum atomic E-state index is -0.0235. The molecule has 0 saturated carbocycles. The zero-order valence-electron chi connectivity index (χ0n) is 15.0. The van der Waals surface area contributed by atoms with Crippen LogP contribution in [0.4, 0.5) is 0 Å². The van der Waals surface area contributed by atoms with E-state index in [1.54, 1.807) is 0 Å². The zero-order chi connectivity index (χ0) is 17.4. The number of aliphatic hydroxyl groups excluding tert-OH is 4. The maximum atomic E-state index is 8.72. The van der Waals surface area contributed by atoms with E-state index >= 15 is 0 Å². The third-order valence-electron chi connectivity index (χ3n) is 2.79. The summed E-state index contributed by atoms with van der Waals surface area (Å²) in [6.45, 7) is 16.4. The van der Waals surface area contributed by atoms with Crippen LogP contribution in [0.2, 0.25) is 0 Å². The van der Waals surface area contributed by atoms with E-state index in [1.807, 2.05) is 23.6 Å². The van der Waals surface area contributed by atoms with Gasteiger partial charge >= 0.3 is 0 Å². The average Bonchev–Trinajstić information content (AvgIpc) is 2.39. The van der Waals surface area contributed by atoms with Gasteiger partial charge in [-0.1, -0.05) is 13.8 Å². The van der Waals surface area contributed by atoms with E-state index in [4.69, 9.17) is 20.4 Å². The van der Waals surface area contributed by atoms with Crippen molar-refractivity contribution in [2.75, 3.05) is 65.7 Å². The fourth-order valence-corrected chi connectivity index (χ4v) is 2.00. The molecule has 7 heteroatoms. The molecule has 0 aliphatic rings. The van der Waals surface area contributed by atoms with E-state index in [2.05, 4.69) is 13.8 Å². The van der Waals surface area contributed by atoms with E-state index in [0.717, 1.165) is 19.5 Å². The summed E-state index contributed by atoms with van der Waals surface area (Å²) < 4.78 is 0. The van der Waals surface area contributed by atoms with Gasteiger partial charge in [0, 0.05) is 58.9 Å². The van der Waals surface area contributed by atoms with Gasteiger partial charge in [0.25, 0.3) is 0 Å². The van der Waals surface area contributed by atoms with Gasteiger partial charge in [0.2, 0.25) is 0 Å². The monoisotopic (exact) mass is 409 g/mol. The van der Waals surface area contributed by atoms with Crippen molar-refractivity contribution >= 4 is 0 Å². The molecular formula is C16H36N2O4Y-2. The number of nitrogens with zero attached hydrogens (tertiary/aromatic N) is 2. The van der Waals surface area contributed by atoms with E-state index < -0.39 is 0 Å². The Morgan fingerprint density at radius 2 is 1.09 bits per heavy atom. The molecule has 0 aromatic heterocycles. The van der Waals surface area contributed by atoms with Gasteiger partial charge in [-0.15, -0.1) is 0 Å². The fraction of sp³-hybridized carbons (Fsp3) is 0.875. The second-order valence-corrected chi connectivity index (χ2v) is 6.03. The molecule has 0 unspecified atom stereocenters. The fourth-order valence-electron chi connectivity index (χ4n) is 2.00. The van der Waals surface area contributed by atoms with Crippen molar-refractivity contribution in [2.24, 2.45) is 5.41 Å². The Balaban J connectivity index is -0.000000338. The molecule has 0 heterocycles. The summed E-state index contributed by atoms with van der Waals surface area (Å²) in [5.74, 6) is 0. The third kappa shape index (κ3) is 22.9. The van der Waals surface area contributed by atoms with Crippen molar-refractivity contribution in [1.29, 1.82) is 0 Å². The van der Waals surface area contributed by atoms with Crippen LogP contribution in [0.15, 0.2) is 0 Å². The van der Waals surface area contributed by atoms with Crippen LogP contribution in [0, 0.1) is 19.3 Å². The molecule has 0 aliphatic carbocycles. The van der Waals surface area contributed by atoms with Gasteiger partial charge in [-0.05, 0) is 13.1 Å². The second kappa shape index (κ2) is 19.2. The van der Waals surface area contributed by atoms with Crippen molar-refractivity contribution in [2.45, 2.75) is 20.3 Å². The van der Waals surface area contributed by atoms with Crippen LogP contribution in [-0.4, -0.2) is 95.9 Å². The van der Waals surface area contributed by atoms with E-state index in [9.17, 15) is 0 Å². The van der Waals surface area contributed by atoms with Crippen molar-refractivity contribution in [3.63, 3.8) is 0 Å². The first-order valence-electron chi connectivity index (χ1n) is 7.87. The van der Waals surface area contributed by atoms with E-state index in [1.165, 1.54) is 0 Å². The summed E-state index contributed by atoms with van der Waals surface area (Å²) in [4.78, 5) is 3.99. The first-order valence-corrected chi connectivity index (χ1v) is 7.87. The Kier molecular flexibility index (Phi) is 23.9. The molecule has 0 aliphatic heterocycles. The van der Waals surface area contributed by atoms with Crippen LogP contribution in [0.3, 0.4) is 0 Å². The molecule has 1 radical (unpaired) electrons. The Bertz CT molecular complexity index is 208. The molecule has 0 fully saturated rings. The molecule has 0 amide bonds. The third-order valence-corrected chi connectivity index (χ3v) is 2.79. The maximum Gasteiger partial charge on any atom is 0.0558 e. The normalized spacial score (nSPS) is 11.2. The topological polar surface area (TPSA) is 87.4 Å². The van der Waals surface area contributed by atoms with Gasteiger partial charge in [-0.25, -0.2) is 0 Å². The first-order chi connectivity index (χ1) is 10.3. The van der Waals surface area contributed by atoms with Gasteiger partial charge in [-0.2, -0.15) is 11.8 Å². The van der Waals surface area contributed by atoms with Gasteiger partial charge in [0.1, 0.15) is 0 Å². The number of hydrogen-bond acceptors (Lipinski definition) is 6. The summed E-state index contributed by atoms with van der Waals surface area (Å²) in [5, 5.41) is 34.5. The molecule has 23 heavy (non-hydrogen) atoms. The SMILES string of the molecule is [CH2-]C(C)(C)CN(CCO)CCO.[CH2-]CCN(CCO)CCO.[Y]. The predicted octanol–water partition coefficient (Wildman–Crippen LogP) is -0.372. The molecule has 0 rings (SSSR count). The van der Waals surface area contributed by atoms with E-state index in [-0.39, 0.29) is 64.6 Å². The van der Waals surface area contributed by atoms with Crippen LogP contribution in [-0.2, 0) is 32.7 Å². The minimum absolute atomic E-state index is 0. The molecule has 139 valence electrons. The second-order valence-electron chi connectivity index (χ2n) is 6.03. The van der Waals surface area contributed by atoms with E-state index in [0.29, 0.717) is 26.2 Å². The van der Waals surface area contributed by atoms with Crippen molar-refractivity contribution in [1.82, 2.24) is 9.80 Å². The van der Waals surface area contributed by atoms with Gasteiger partial charge in [0.05, 0.1) is 26.4 Å². The molecule has 0 bridgehead atoms. The Labute approximate surface area is 167 Å². The molecule has 0 aromatic rings. The number of hydrogen-bond donors (Lipinski definition) is 4. The predicted molar refractivity (Wildman–Crippen MR) is 90.3 cm³/mol. The summed E-state index contributed by atoms with van der Waals surface area (Å²) in [5.41, 5.74) is -0.0235. The molecule has 6 nitrogen and oxygen atoms in total. The molecule has 0 atom stereocenters. The average molecular weight is 409 g/mol. The largest absolute Gasteiger partial charge is 0.395 e. The Hall–Kier alpha value is 0.864. The smallest absolute Gasteiger partial charge is 0.0558 e. The van der Waals surface area contributed by atoms with Crippen molar-refractivity contribution < 1.29 is 53.1 Å². The molecule has 4 N–H and O–H groups in total. The number of rotatable bonds is 12. The van der Waals surface area contributed by atoms with Crippen LogP contribution in [0.1, 0.15) is 20.3 Å². The van der Waals surface area contributed by atoms with Gasteiger partial charge < -0.3 is 44.1 Å². The summed E-state index contributed by atoms with van der Waals surface area (Å²) in [6.07, 6.45) is 0.819. The standard InChI is InChI=1S/C9H20NO2.C7H16NO2.Y/c1-9(2,3)8-10(4-6-11)5-7-12;1-2-3-8(4-6-9)5-7-10;/h11-12H,1,4-8H2,2-3H3;9-10H,1-7H2;/q2*-1;. The number of aliphatic hydroxyl groups is 4. The van der Waals surface area contributed by atoms with Crippen LogP contribution in [0.5, 0.6) is 0 Å². The maximum absolute atomic E-state index is 8.72. The summed E-state index contributed by atoms with van der Waals surface area (Å²) >= 11 is 0. The molecular weight excluding hydrogens is 373 g/mol.